The summed E-state index contributed by atoms with van der Waals surface area (Å²) in [4.78, 5) is 13.8. The number of nitrogens with zero attached hydrogens (tertiary/aromatic N) is 1. The number of rotatable bonds is 2. The number of carbonyl (C=O) groups excluding carboxylic acids is 1. The lowest BCUT2D eigenvalue weighted by molar-refractivity contribution is 0.0237. The zero-order valence-corrected chi connectivity index (χ0v) is 22.2. The number of likely N-dealkylation sites (tertiary alicyclic amines) is 1. The molecule has 4 nitrogen and oxygen atoms in total. The van der Waals surface area contributed by atoms with E-state index in [-0.39, 0.29) is 6.09 Å². The van der Waals surface area contributed by atoms with Crippen LogP contribution in [0.25, 0.3) is 10.6 Å². The molecule has 0 atom stereocenters. The molecule has 0 saturated carbocycles. The van der Waals surface area contributed by atoms with Gasteiger partial charge in [-0.3, -0.25) is 0 Å². The predicted octanol–water partition coefficient (Wildman–Crippen LogP) is 7.28. The van der Waals surface area contributed by atoms with Crippen molar-refractivity contribution < 1.29 is 9.53 Å². The van der Waals surface area contributed by atoms with Gasteiger partial charge in [-0.15, -0.1) is 0 Å². The summed E-state index contributed by atoms with van der Waals surface area (Å²) in [5.74, 6) is 0. The van der Waals surface area contributed by atoms with E-state index in [1.165, 1.54) is 26.8 Å². The van der Waals surface area contributed by atoms with Gasteiger partial charge in [0.25, 0.3) is 0 Å². The maximum absolute atomic E-state index is 12.0. The first-order valence-electron chi connectivity index (χ1n) is 12.2. The van der Waals surface area contributed by atoms with Crippen molar-refractivity contribution in [1.29, 1.82) is 0 Å². The molecule has 0 aliphatic carbocycles. The normalized spacial score (nSPS) is 16.3. The third kappa shape index (κ3) is 8.77. The molecule has 2 saturated heterocycles. The van der Waals surface area contributed by atoms with E-state index in [1.807, 2.05) is 39.0 Å². The van der Waals surface area contributed by atoms with Crippen LogP contribution < -0.4 is 5.32 Å². The molecule has 182 valence electrons. The van der Waals surface area contributed by atoms with Crippen molar-refractivity contribution in [3.63, 3.8) is 0 Å². The van der Waals surface area contributed by atoms with Crippen LogP contribution in [0.2, 0.25) is 0 Å². The maximum atomic E-state index is 12.0. The van der Waals surface area contributed by atoms with Gasteiger partial charge in [0.15, 0.2) is 0 Å². The Bertz CT molecular complexity index is 960. The Hall–Kier alpha value is -2.37. The Morgan fingerprint density at radius 1 is 0.912 bits per heavy atom. The fourth-order valence-corrected chi connectivity index (χ4v) is 4.63. The van der Waals surface area contributed by atoms with Crippen LogP contribution in [0.3, 0.4) is 0 Å². The van der Waals surface area contributed by atoms with Gasteiger partial charge in [0.1, 0.15) is 5.60 Å². The van der Waals surface area contributed by atoms with E-state index < -0.39 is 5.60 Å². The number of hydrogen-bond acceptors (Lipinski definition) is 3. The molecule has 2 aromatic rings. The number of nitrogens with one attached hydrogen (secondary N) is 1. The largest absolute Gasteiger partial charge is 0.444 e. The maximum Gasteiger partial charge on any atom is 0.410 e. The molecule has 4 rings (SSSR count). The molecular formula is C29H37BrN2O2. The van der Waals surface area contributed by atoms with Crippen molar-refractivity contribution in [3.8, 4) is 0 Å². The highest BCUT2D eigenvalue weighted by Crippen LogP contribution is 2.29. The third-order valence-electron chi connectivity index (χ3n) is 5.77. The molecule has 1 amide bonds. The van der Waals surface area contributed by atoms with Crippen molar-refractivity contribution >= 4 is 32.6 Å². The molecule has 0 bridgehead atoms. The predicted molar refractivity (Wildman–Crippen MR) is 146 cm³/mol. The van der Waals surface area contributed by atoms with Gasteiger partial charge in [-0.25, -0.2) is 4.79 Å². The van der Waals surface area contributed by atoms with Gasteiger partial charge in [-0.2, -0.15) is 0 Å². The molecular weight excluding hydrogens is 488 g/mol. The highest BCUT2D eigenvalue weighted by Gasteiger charge is 2.24. The minimum atomic E-state index is -0.419. The first-order chi connectivity index (χ1) is 16.3. The van der Waals surface area contributed by atoms with Crippen LogP contribution in [-0.4, -0.2) is 42.8 Å². The monoisotopic (exact) mass is 524 g/mol. The first-order valence-corrected chi connectivity index (χ1v) is 13.0. The van der Waals surface area contributed by atoms with E-state index in [2.05, 4.69) is 69.8 Å². The Kier molecular flexibility index (Phi) is 9.97. The van der Waals surface area contributed by atoms with E-state index in [4.69, 9.17) is 4.74 Å². The van der Waals surface area contributed by atoms with Crippen molar-refractivity contribution in [2.75, 3.05) is 26.2 Å². The van der Waals surface area contributed by atoms with Gasteiger partial charge in [-0.1, -0.05) is 93.8 Å². The molecule has 2 aliphatic rings. The van der Waals surface area contributed by atoms with Crippen LogP contribution in [0.5, 0.6) is 0 Å². The molecule has 5 heteroatoms. The summed E-state index contributed by atoms with van der Waals surface area (Å²) in [5, 5.41) is 3.37. The Morgan fingerprint density at radius 2 is 1.47 bits per heavy atom. The number of carbonyl (C=O) groups is 1. The summed E-state index contributed by atoms with van der Waals surface area (Å²) in [6.45, 7) is 9.40. The zero-order valence-electron chi connectivity index (χ0n) is 20.6. The molecule has 2 aliphatic heterocycles. The summed E-state index contributed by atoms with van der Waals surface area (Å²) in [6.07, 6.45) is 6.20. The number of halogens is 1. The third-order valence-corrected chi connectivity index (χ3v) is 6.79. The van der Waals surface area contributed by atoms with Crippen LogP contribution in [0.1, 0.15) is 57.6 Å². The van der Waals surface area contributed by atoms with Crippen LogP contribution >= 0.6 is 15.9 Å². The zero-order chi connectivity index (χ0) is 24.4. The average molecular weight is 526 g/mol. The Labute approximate surface area is 213 Å². The molecule has 2 aromatic carbocycles. The highest BCUT2D eigenvalue weighted by molar-refractivity contribution is 9.15. The lowest BCUT2D eigenvalue weighted by Gasteiger charge is -2.31. The highest BCUT2D eigenvalue weighted by atomic mass is 79.9. The van der Waals surface area contributed by atoms with E-state index >= 15 is 0 Å². The molecule has 1 N–H and O–H groups in total. The molecule has 2 heterocycles. The lowest BCUT2D eigenvalue weighted by Crippen LogP contribution is -2.40. The minimum absolute atomic E-state index is 0.198. The van der Waals surface area contributed by atoms with E-state index in [0.717, 1.165) is 51.9 Å². The summed E-state index contributed by atoms with van der Waals surface area (Å²) in [6, 6.07) is 20.8. The van der Waals surface area contributed by atoms with Crippen LogP contribution in [-0.2, 0) is 4.74 Å². The van der Waals surface area contributed by atoms with Gasteiger partial charge < -0.3 is 15.0 Å². The van der Waals surface area contributed by atoms with Crippen molar-refractivity contribution in [2.24, 2.45) is 0 Å². The molecule has 34 heavy (non-hydrogen) atoms. The average Bonchev–Trinajstić information content (AvgIpc) is 2.85. The van der Waals surface area contributed by atoms with E-state index in [1.54, 1.807) is 4.90 Å². The van der Waals surface area contributed by atoms with Gasteiger partial charge in [0.05, 0.1) is 0 Å². The smallest absolute Gasteiger partial charge is 0.410 e. The van der Waals surface area contributed by atoms with Gasteiger partial charge in [0.2, 0.25) is 0 Å². The number of hydrogen-bond donors (Lipinski definition) is 1. The van der Waals surface area contributed by atoms with Gasteiger partial charge in [0, 0.05) is 17.6 Å². The van der Waals surface area contributed by atoms with Gasteiger partial charge in [-0.05, 0) is 70.7 Å². The molecule has 0 spiro atoms. The van der Waals surface area contributed by atoms with Crippen LogP contribution in [0.4, 0.5) is 4.79 Å². The van der Waals surface area contributed by atoms with Crippen LogP contribution in [0, 0.1) is 0 Å². The molecule has 2 fully saturated rings. The summed E-state index contributed by atoms with van der Waals surface area (Å²) >= 11 is 3.70. The second-order valence-corrected chi connectivity index (χ2v) is 10.5. The number of ether oxygens (including phenoxy) is 1. The van der Waals surface area contributed by atoms with E-state index in [0.29, 0.717) is 0 Å². The first kappa shape index (κ1) is 26.2. The summed E-state index contributed by atoms with van der Waals surface area (Å²) < 4.78 is 6.69. The molecule has 0 radical (unpaired) electrons. The fraction of sp³-hybridized carbons (Fsp3) is 0.414. The second kappa shape index (κ2) is 12.9. The van der Waals surface area contributed by atoms with Crippen LogP contribution in [0.15, 0.2) is 71.8 Å². The van der Waals surface area contributed by atoms with Crippen molar-refractivity contribution in [3.05, 3.63) is 82.9 Å². The number of piperidine rings is 2. The van der Waals surface area contributed by atoms with E-state index in [9.17, 15) is 4.79 Å². The minimum Gasteiger partial charge on any atom is -0.444 e. The van der Waals surface area contributed by atoms with Crippen molar-refractivity contribution in [2.45, 2.75) is 52.1 Å². The molecule has 0 unspecified atom stereocenters. The SMILES string of the molecule is BrC(=C1CCNCC1)c1ccccc1.CC(C)(C)OC(=O)N1CCC(=Cc2ccccc2)CC1. The second-order valence-electron chi connectivity index (χ2n) is 9.71. The Morgan fingerprint density at radius 3 is 2.03 bits per heavy atom. The quantitative estimate of drug-likeness (QED) is 0.448. The number of benzene rings is 2. The fourth-order valence-electron chi connectivity index (χ4n) is 3.97. The van der Waals surface area contributed by atoms with Crippen molar-refractivity contribution in [1.82, 2.24) is 10.2 Å². The standard InChI is InChI=1S/C17H23NO2.C12H14BrN/c1-17(2,3)20-16(19)18-11-9-15(10-12-18)13-14-7-5-4-6-8-14;13-12(10-4-2-1-3-5-10)11-6-8-14-9-7-11/h4-8,13H,9-12H2,1-3H3;1-5,14H,6-9H2. The topological polar surface area (TPSA) is 41.6 Å². The van der Waals surface area contributed by atoms with Gasteiger partial charge >= 0.3 is 6.09 Å². The number of amides is 1. The summed E-state index contributed by atoms with van der Waals surface area (Å²) in [5.41, 5.74) is 5.04. The molecule has 0 aromatic heterocycles. The lowest BCUT2D eigenvalue weighted by atomic mass is 10.0. The Balaban J connectivity index is 0.000000202. The summed E-state index contributed by atoms with van der Waals surface area (Å²) in [7, 11) is 0.